The average molecular weight is 465 g/mol. The Hall–Kier alpha value is -3.21. The van der Waals surface area contributed by atoms with E-state index in [1.807, 2.05) is 12.1 Å². The van der Waals surface area contributed by atoms with E-state index in [1.54, 1.807) is 24.1 Å². The number of thiazole rings is 1. The zero-order valence-electron chi connectivity index (χ0n) is 18.1. The third-order valence-corrected chi connectivity index (χ3v) is 7.21. The van der Waals surface area contributed by atoms with E-state index in [9.17, 15) is 15.0 Å². The van der Waals surface area contributed by atoms with Gasteiger partial charge in [0.1, 0.15) is 5.82 Å². The number of nitrogens with zero attached hydrogens (tertiary/aromatic N) is 5. The summed E-state index contributed by atoms with van der Waals surface area (Å²) in [5, 5.41) is 24.3. The van der Waals surface area contributed by atoms with Gasteiger partial charge in [-0.25, -0.2) is 4.98 Å². The molecule has 0 spiro atoms. The second kappa shape index (κ2) is 8.29. The molecule has 1 fully saturated rings. The Morgan fingerprint density at radius 2 is 2.06 bits per heavy atom. The average Bonchev–Trinajstić information content (AvgIpc) is 3.50. The molecule has 0 atom stereocenters. The van der Waals surface area contributed by atoms with Crippen LogP contribution in [0.1, 0.15) is 54.6 Å². The number of pyridine rings is 1. The molecule has 4 aromatic rings. The van der Waals surface area contributed by atoms with Gasteiger partial charge in [0, 0.05) is 29.4 Å². The van der Waals surface area contributed by atoms with Crippen molar-refractivity contribution in [3.05, 3.63) is 47.5 Å². The number of fused-ring (bicyclic) bond motifs is 1. The van der Waals surface area contributed by atoms with E-state index >= 15 is 0 Å². The lowest BCUT2D eigenvalue weighted by Gasteiger charge is -2.34. The summed E-state index contributed by atoms with van der Waals surface area (Å²) in [6, 6.07) is 3.88. The Bertz CT molecular complexity index is 1310. The molecule has 0 amide bonds. The van der Waals surface area contributed by atoms with E-state index < -0.39 is 5.60 Å². The highest BCUT2D eigenvalue weighted by Gasteiger charge is 2.35. The molecule has 4 heterocycles. The van der Waals surface area contributed by atoms with Crippen molar-refractivity contribution < 1.29 is 15.0 Å². The van der Waals surface area contributed by atoms with Gasteiger partial charge in [0.2, 0.25) is 0 Å². The summed E-state index contributed by atoms with van der Waals surface area (Å²) in [6.07, 6.45) is 7.32. The van der Waals surface area contributed by atoms with Crippen LogP contribution in [-0.4, -0.2) is 52.8 Å². The summed E-state index contributed by atoms with van der Waals surface area (Å²) >= 11 is 1.52. The molecule has 33 heavy (non-hydrogen) atoms. The van der Waals surface area contributed by atoms with Crippen LogP contribution in [-0.2, 0) is 0 Å². The molecule has 4 N–H and O–H groups in total. The number of Topliss-reactive ketones (excluding diaryl/α,β-unsaturated/α-hetero) is 1. The summed E-state index contributed by atoms with van der Waals surface area (Å²) in [6.45, 7) is 1.20. The molecular formula is C23H24N6O3S. The second-order valence-corrected chi connectivity index (χ2v) is 9.45. The first-order valence-electron chi connectivity index (χ1n) is 10.8. The number of ketones is 1. The quantitative estimate of drug-likeness (QED) is 0.383. The summed E-state index contributed by atoms with van der Waals surface area (Å²) in [5.41, 5.74) is 11.1. The van der Waals surface area contributed by atoms with Crippen molar-refractivity contribution >= 4 is 28.6 Å². The maximum Gasteiger partial charge on any atom is 0.165 e. The first kappa shape index (κ1) is 21.6. The van der Waals surface area contributed by atoms with Crippen LogP contribution in [0.15, 0.2) is 36.2 Å². The van der Waals surface area contributed by atoms with Crippen molar-refractivity contribution in [2.24, 2.45) is 0 Å². The molecule has 4 aromatic heterocycles. The lowest BCUT2D eigenvalue weighted by atomic mass is 9.77. The molecule has 0 saturated heterocycles. The smallest absolute Gasteiger partial charge is 0.165 e. The van der Waals surface area contributed by atoms with Gasteiger partial charge in [0.25, 0.3) is 0 Å². The molecule has 10 heteroatoms. The summed E-state index contributed by atoms with van der Waals surface area (Å²) in [7, 11) is 0. The van der Waals surface area contributed by atoms with Crippen LogP contribution >= 0.6 is 11.3 Å². The molecule has 0 aromatic carbocycles. The first-order chi connectivity index (χ1) is 15.9. The largest absolute Gasteiger partial charge is 0.393 e. The van der Waals surface area contributed by atoms with Crippen molar-refractivity contribution in [1.82, 2.24) is 24.6 Å². The normalized spacial score (nSPS) is 20.9. The number of anilines is 1. The SMILES string of the molecule is CC(=O)c1c(C2CCC(O)(CO)CC2)nc2c(-c3ccc(-c4cncs4)nc3)cnn2c1N. The third kappa shape index (κ3) is 3.79. The summed E-state index contributed by atoms with van der Waals surface area (Å²) in [5.74, 6) is 0.0381. The van der Waals surface area contributed by atoms with Gasteiger partial charge in [-0.2, -0.15) is 9.61 Å². The molecule has 1 saturated carbocycles. The number of nitrogens with two attached hydrogens (primary N) is 1. The van der Waals surface area contributed by atoms with Crippen molar-refractivity contribution in [2.45, 2.75) is 44.1 Å². The maximum atomic E-state index is 12.5. The minimum absolute atomic E-state index is 0.0439. The highest BCUT2D eigenvalue weighted by molar-refractivity contribution is 7.13. The molecule has 5 rings (SSSR count). The van der Waals surface area contributed by atoms with Gasteiger partial charge < -0.3 is 15.9 Å². The maximum absolute atomic E-state index is 12.5. The van der Waals surface area contributed by atoms with Gasteiger partial charge in [0.05, 0.1) is 45.7 Å². The molecule has 170 valence electrons. The lowest BCUT2D eigenvalue weighted by Crippen LogP contribution is -2.37. The third-order valence-electron chi connectivity index (χ3n) is 6.42. The number of carbonyl (C=O) groups is 1. The number of hydrogen-bond donors (Lipinski definition) is 3. The predicted molar refractivity (Wildman–Crippen MR) is 125 cm³/mol. The lowest BCUT2D eigenvalue weighted by molar-refractivity contribution is -0.0458. The Morgan fingerprint density at radius 1 is 1.27 bits per heavy atom. The molecule has 0 aliphatic heterocycles. The van der Waals surface area contributed by atoms with Crippen LogP contribution in [0.3, 0.4) is 0 Å². The number of aliphatic hydroxyl groups excluding tert-OH is 1. The first-order valence-corrected chi connectivity index (χ1v) is 11.6. The van der Waals surface area contributed by atoms with Crippen molar-refractivity contribution in [1.29, 1.82) is 0 Å². The van der Waals surface area contributed by atoms with E-state index in [0.29, 0.717) is 42.6 Å². The topological polar surface area (TPSA) is 140 Å². The Labute approximate surface area is 194 Å². The fourth-order valence-corrected chi connectivity index (χ4v) is 5.12. The molecule has 0 unspecified atom stereocenters. The number of carbonyl (C=O) groups excluding carboxylic acids is 1. The molecule has 1 aliphatic carbocycles. The molecule has 0 bridgehead atoms. The number of hydrogen-bond acceptors (Lipinski definition) is 9. The van der Waals surface area contributed by atoms with Gasteiger partial charge in [0.15, 0.2) is 11.4 Å². The minimum atomic E-state index is -1.07. The van der Waals surface area contributed by atoms with Crippen LogP contribution in [0.25, 0.3) is 27.3 Å². The van der Waals surface area contributed by atoms with Crippen molar-refractivity contribution in [3.8, 4) is 21.7 Å². The highest BCUT2D eigenvalue weighted by atomic mass is 32.1. The van der Waals surface area contributed by atoms with E-state index in [4.69, 9.17) is 10.7 Å². The van der Waals surface area contributed by atoms with Gasteiger partial charge in [-0.3, -0.25) is 14.8 Å². The summed E-state index contributed by atoms with van der Waals surface area (Å²) < 4.78 is 1.50. The van der Waals surface area contributed by atoms with Gasteiger partial charge in [-0.1, -0.05) is 6.07 Å². The number of aliphatic hydroxyl groups is 2. The zero-order chi connectivity index (χ0) is 23.2. The van der Waals surface area contributed by atoms with Crippen LogP contribution in [0, 0.1) is 0 Å². The standard InChI is InChI=1S/C23H24N6O3S/c1-13(31)19-20(14-4-6-23(32,11-30)7-5-14)28-22-16(9-27-29(22)21(19)24)15-2-3-17(26-8-15)18-10-25-12-33-18/h2-3,8-10,12,14,30,32H,4-7,11,24H2,1H3. The second-order valence-electron chi connectivity index (χ2n) is 8.56. The van der Waals surface area contributed by atoms with Crippen LogP contribution in [0.4, 0.5) is 5.82 Å². The van der Waals surface area contributed by atoms with Crippen LogP contribution in [0.5, 0.6) is 0 Å². The minimum Gasteiger partial charge on any atom is -0.393 e. The number of aromatic nitrogens is 5. The van der Waals surface area contributed by atoms with Crippen molar-refractivity contribution in [2.75, 3.05) is 12.3 Å². The molecule has 9 nitrogen and oxygen atoms in total. The van der Waals surface area contributed by atoms with Gasteiger partial charge >= 0.3 is 0 Å². The van der Waals surface area contributed by atoms with Gasteiger partial charge in [-0.15, -0.1) is 11.3 Å². The highest BCUT2D eigenvalue weighted by Crippen LogP contribution is 2.40. The number of rotatable bonds is 5. The zero-order valence-corrected chi connectivity index (χ0v) is 18.9. The molecular weight excluding hydrogens is 440 g/mol. The fraction of sp³-hybridized carbons (Fsp3) is 0.348. The van der Waals surface area contributed by atoms with Crippen molar-refractivity contribution in [3.63, 3.8) is 0 Å². The molecule has 0 radical (unpaired) electrons. The van der Waals surface area contributed by atoms with E-state index in [1.165, 1.54) is 22.8 Å². The van der Waals surface area contributed by atoms with E-state index in [0.717, 1.165) is 21.7 Å². The Kier molecular flexibility index (Phi) is 5.43. The van der Waals surface area contributed by atoms with E-state index in [-0.39, 0.29) is 24.1 Å². The number of nitrogen functional groups attached to an aromatic ring is 1. The van der Waals surface area contributed by atoms with Crippen LogP contribution in [0.2, 0.25) is 0 Å². The fourth-order valence-electron chi connectivity index (χ4n) is 4.52. The monoisotopic (exact) mass is 464 g/mol. The molecule has 1 aliphatic rings. The summed E-state index contributed by atoms with van der Waals surface area (Å²) in [4.78, 5) is 27.0. The van der Waals surface area contributed by atoms with E-state index in [2.05, 4.69) is 15.1 Å². The predicted octanol–water partition coefficient (Wildman–Crippen LogP) is 3.08. The van der Waals surface area contributed by atoms with Gasteiger partial charge in [-0.05, 0) is 38.7 Å². The van der Waals surface area contributed by atoms with Crippen LogP contribution < -0.4 is 5.73 Å². The Morgan fingerprint density at radius 3 is 2.67 bits per heavy atom. The Balaban J connectivity index is 1.58.